The number of carbonyl (C=O) groups excluding carboxylic acids is 2. The lowest BCUT2D eigenvalue weighted by atomic mass is 9.68. The molecule has 5 heteroatoms. The van der Waals surface area contributed by atoms with Gasteiger partial charge in [0.05, 0.1) is 18.1 Å². The molecule has 1 aliphatic carbocycles. The van der Waals surface area contributed by atoms with E-state index in [1.54, 1.807) is 24.3 Å². The fraction of sp³-hybridized carbons (Fsp3) is 0.429. The van der Waals surface area contributed by atoms with Crippen LogP contribution in [0.1, 0.15) is 29.6 Å². The zero-order chi connectivity index (χ0) is 13.9. The lowest BCUT2D eigenvalue weighted by Gasteiger charge is -2.39. The molecular weight excluding hydrogens is 244 g/mol. The predicted octanol–water partition coefficient (Wildman–Crippen LogP) is 1.54. The Balaban J connectivity index is 2.11. The van der Waals surface area contributed by atoms with Crippen LogP contribution >= 0.6 is 0 Å². The Hall–Kier alpha value is -1.88. The number of carbonyl (C=O) groups is 2. The minimum absolute atomic E-state index is 0.0664. The molecular formula is C14H18N2O3. The molecule has 0 bridgehead atoms. The van der Waals surface area contributed by atoms with Crippen molar-refractivity contribution in [1.82, 2.24) is 0 Å². The Bertz CT molecular complexity index is 490. The van der Waals surface area contributed by atoms with E-state index in [1.807, 2.05) is 0 Å². The molecule has 0 aromatic heterocycles. The van der Waals surface area contributed by atoms with E-state index in [-0.39, 0.29) is 5.91 Å². The van der Waals surface area contributed by atoms with Gasteiger partial charge in [-0.3, -0.25) is 4.79 Å². The maximum atomic E-state index is 12.2. The molecule has 1 aromatic carbocycles. The number of anilines is 1. The van der Waals surface area contributed by atoms with Gasteiger partial charge >= 0.3 is 5.97 Å². The zero-order valence-corrected chi connectivity index (χ0v) is 10.9. The lowest BCUT2D eigenvalue weighted by molar-refractivity contribution is -0.129. The van der Waals surface area contributed by atoms with Crippen LogP contribution in [0.15, 0.2) is 24.3 Å². The van der Waals surface area contributed by atoms with E-state index in [0.29, 0.717) is 17.8 Å². The van der Waals surface area contributed by atoms with Crippen LogP contribution in [-0.2, 0) is 9.53 Å². The van der Waals surface area contributed by atoms with Gasteiger partial charge < -0.3 is 15.8 Å². The first-order chi connectivity index (χ1) is 9.11. The summed E-state index contributed by atoms with van der Waals surface area (Å²) in [4.78, 5) is 23.6. The van der Waals surface area contributed by atoms with E-state index in [2.05, 4.69) is 10.1 Å². The van der Waals surface area contributed by atoms with Crippen molar-refractivity contribution in [2.75, 3.05) is 19.0 Å². The van der Waals surface area contributed by atoms with Crippen molar-refractivity contribution >= 4 is 17.6 Å². The fourth-order valence-corrected chi connectivity index (χ4v) is 2.23. The van der Waals surface area contributed by atoms with Gasteiger partial charge in [0.15, 0.2) is 0 Å². The second-order valence-corrected chi connectivity index (χ2v) is 4.86. The molecule has 3 N–H and O–H groups in total. The number of esters is 1. The number of nitrogens with two attached hydrogens (primary N) is 1. The molecule has 1 aliphatic rings. The van der Waals surface area contributed by atoms with Crippen molar-refractivity contribution in [3.8, 4) is 0 Å². The molecule has 0 radical (unpaired) electrons. The smallest absolute Gasteiger partial charge is 0.337 e. The second kappa shape index (κ2) is 5.40. The first-order valence-corrected chi connectivity index (χ1v) is 6.31. The maximum Gasteiger partial charge on any atom is 0.337 e. The molecule has 102 valence electrons. The van der Waals surface area contributed by atoms with E-state index >= 15 is 0 Å². The molecule has 1 amide bonds. The van der Waals surface area contributed by atoms with E-state index < -0.39 is 11.4 Å². The summed E-state index contributed by atoms with van der Waals surface area (Å²) in [5, 5.41) is 2.83. The number of hydrogen-bond acceptors (Lipinski definition) is 4. The fourth-order valence-electron chi connectivity index (χ4n) is 2.23. The number of hydrogen-bond donors (Lipinski definition) is 2. The Morgan fingerprint density at radius 1 is 1.42 bits per heavy atom. The summed E-state index contributed by atoms with van der Waals surface area (Å²) in [7, 11) is 1.32. The SMILES string of the molecule is COC(=O)c1cccc(NC(=O)C2(CN)CCC2)c1. The highest BCUT2D eigenvalue weighted by Crippen LogP contribution is 2.40. The first kappa shape index (κ1) is 13.5. The van der Waals surface area contributed by atoms with Gasteiger partial charge in [-0.25, -0.2) is 4.79 Å². The number of methoxy groups -OCH3 is 1. The third-order valence-corrected chi connectivity index (χ3v) is 3.72. The van der Waals surface area contributed by atoms with Gasteiger partial charge in [0, 0.05) is 12.2 Å². The number of nitrogens with one attached hydrogen (secondary N) is 1. The van der Waals surface area contributed by atoms with Crippen LogP contribution in [0, 0.1) is 5.41 Å². The Morgan fingerprint density at radius 3 is 2.68 bits per heavy atom. The Kier molecular flexibility index (Phi) is 3.85. The minimum Gasteiger partial charge on any atom is -0.465 e. The van der Waals surface area contributed by atoms with Crippen molar-refractivity contribution in [3.63, 3.8) is 0 Å². The van der Waals surface area contributed by atoms with E-state index in [0.717, 1.165) is 19.3 Å². The van der Waals surface area contributed by atoms with Crippen molar-refractivity contribution < 1.29 is 14.3 Å². The van der Waals surface area contributed by atoms with Gasteiger partial charge in [-0.1, -0.05) is 12.5 Å². The highest BCUT2D eigenvalue weighted by molar-refractivity contribution is 5.97. The molecule has 0 aliphatic heterocycles. The van der Waals surface area contributed by atoms with Crippen LogP contribution in [0.4, 0.5) is 5.69 Å². The minimum atomic E-state index is -0.429. The monoisotopic (exact) mass is 262 g/mol. The molecule has 1 aromatic rings. The van der Waals surface area contributed by atoms with E-state index in [9.17, 15) is 9.59 Å². The van der Waals surface area contributed by atoms with Gasteiger partial charge in [-0.05, 0) is 31.0 Å². The summed E-state index contributed by atoms with van der Waals surface area (Å²) in [6.07, 6.45) is 2.69. The Labute approximate surface area is 112 Å². The molecule has 1 saturated carbocycles. The average molecular weight is 262 g/mol. The van der Waals surface area contributed by atoms with Crippen molar-refractivity contribution in [2.45, 2.75) is 19.3 Å². The molecule has 19 heavy (non-hydrogen) atoms. The average Bonchev–Trinajstić information content (AvgIpc) is 2.37. The number of amides is 1. The molecule has 0 heterocycles. The molecule has 2 rings (SSSR count). The summed E-state index contributed by atoms with van der Waals surface area (Å²) >= 11 is 0. The van der Waals surface area contributed by atoms with Crippen LogP contribution in [-0.4, -0.2) is 25.5 Å². The number of benzene rings is 1. The third kappa shape index (κ3) is 2.61. The second-order valence-electron chi connectivity index (χ2n) is 4.86. The van der Waals surface area contributed by atoms with Crippen molar-refractivity contribution in [2.24, 2.45) is 11.1 Å². The van der Waals surface area contributed by atoms with Crippen molar-refractivity contribution in [3.05, 3.63) is 29.8 Å². The summed E-state index contributed by atoms with van der Waals surface area (Å²) in [6.45, 7) is 0.357. The molecule has 0 saturated heterocycles. The van der Waals surface area contributed by atoms with Crippen LogP contribution in [0.2, 0.25) is 0 Å². The van der Waals surface area contributed by atoms with Crippen LogP contribution < -0.4 is 11.1 Å². The number of ether oxygens (including phenoxy) is 1. The zero-order valence-electron chi connectivity index (χ0n) is 10.9. The summed E-state index contributed by atoms with van der Waals surface area (Å²) in [5.74, 6) is -0.489. The van der Waals surface area contributed by atoms with Crippen LogP contribution in [0.25, 0.3) is 0 Å². The quantitative estimate of drug-likeness (QED) is 0.806. The highest BCUT2D eigenvalue weighted by atomic mass is 16.5. The largest absolute Gasteiger partial charge is 0.465 e. The first-order valence-electron chi connectivity index (χ1n) is 6.31. The van der Waals surface area contributed by atoms with Gasteiger partial charge in [-0.2, -0.15) is 0 Å². The van der Waals surface area contributed by atoms with E-state index in [1.165, 1.54) is 7.11 Å². The van der Waals surface area contributed by atoms with Crippen molar-refractivity contribution in [1.29, 1.82) is 0 Å². The highest BCUT2D eigenvalue weighted by Gasteiger charge is 2.42. The topological polar surface area (TPSA) is 81.4 Å². The standard InChI is InChI=1S/C14H18N2O3/c1-19-12(17)10-4-2-5-11(8-10)16-13(18)14(9-15)6-3-7-14/h2,4-5,8H,3,6-7,9,15H2,1H3,(H,16,18). The van der Waals surface area contributed by atoms with E-state index in [4.69, 9.17) is 5.73 Å². The normalized spacial score (nSPS) is 16.3. The molecule has 5 nitrogen and oxygen atoms in total. The molecule has 1 fully saturated rings. The molecule has 0 spiro atoms. The number of rotatable bonds is 4. The maximum absolute atomic E-state index is 12.2. The van der Waals surface area contributed by atoms with Gasteiger partial charge in [0.25, 0.3) is 0 Å². The summed E-state index contributed by atoms with van der Waals surface area (Å²) < 4.78 is 4.65. The van der Waals surface area contributed by atoms with Gasteiger partial charge in [0.1, 0.15) is 0 Å². The summed E-state index contributed by atoms with van der Waals surface area (Å²) in [5.41, 5.74) is 6.26. The molecule has 0 unspecified atom stereocenters. The Morgan fingerprint density at radius 2 is 2.16 bits per heavy atom. The van der Waals surface area contributed by atoms with Gasteiger partial charge in [-0.15, -0.1) is 0 Å². The summed E-state index contributed by atoms with van der Waals surface area (Å²) in [6, 6.07) is 6.70. The molecule has 0 atom stereocenters. The lowest BCUT2D eigenvalue weighted by Crippen LogP contribution is -2.47. The predicted molar refractivity (Wildman–Crippen MR) is 71.7 cm³/mol. The third-order valence-electron chi connectivity index (χ3n) is 3.72. The van der Waals surface area contributed by atoms with Crippen LogP contribution in [0.3, 0.4) is 0 Å². The van der Waals surface area contributed by atoms with Gasteiger partial charge in [0.2, 0.25) is 5.91 Å². The van der Waals surface area contributed by atoms with Crippen LogP contribution in [0.5, 0.6) is 0 Å².